The molecule has 0 aliphatic carbocycles. The van der Waals surface area contributed by atoms with Gasteiger partial charge in [0.25, 0.3) is 0 Å². The quantitative estimate of drug-likeness (QED) is 0.0247. The van der Waals surface area contributed by atoms with Crippen molar-refractivity contribution in [3.05, 3.63) is 72.9 Å². The first kappa shape index (κ1) is 53.9. The van der Waals surface area contributed by atoms with E-state index in [1.807, 2.05) is 27.2 Å². The molecule has 3 N–H and O–H groups in total. The molecule has 0 bridgehead atoms. The number of allylic oxidation sites excluding steroid dienone is 11. The third-order valence-electron chi connectivity index (χ3n) is 9.43. The molecule has 9 heteroatoms. The van der Waals surface area contributed by atoms with Crippen LogP contribution in [0.1, 0.15) is 168 Å². The minimum atomic E-state index is -4.35. The summed E-state index contributed by atoms with van der Waals surface area (Å²) in [4.78, 5) is 23.1. The van der Waals surface area contributed by atoms with Crippen molar-refractivity contribution >= 4 is 13.7 Å². The third kappa shape index (κ3) is 40.1. The number of hydrogen-bond donors (Lipinski definition) is 3. The summed E-state index contributed by atoms with van der Waals surface area (Å²) >= 11 is 0. The van der Waals surface area contributed by atoms with E-state index in [0.29, 0.717) is 17.4 Å². The number of nitrogens with zero attached hydrogens (tertiary/aromatic N) is 1. The first-order valence-electron chi connectivity index (χ1n) is 22.3. The number of unbranched alkanes of at least 4 members (excludes halogenated alkanes) is 16. The van der Waals surface area contributed by atoms with E-state index in [0.717, 1.165) is 89.9 Å². The van der Waals surface area contributed by atoms with Gasteiger partial charge in [-0.15, -0.1) is 0 Å². The second-order valence-electron chi connectivity index (χ2n) is 16.0. The van der Waals surface area contributed by atoms with E-state index >= 15 is 0 Å². The first-order valence-corrected chi connectivity index (χ1v) is 23.8. The van der Waals surface area contributed by atoms with Gasteiger partial charge in [0.2, 0.25) is 5.91 Å². The zero-order valence-corrected chi connectivity index (χ0v) is 37.5. The maximum absolute atomic E-state index is 12.9. The fourth-order valence-electron chi connectivity index (χ4n) is 5.89. The highest BCUT2D eigenvalue weighted by atomic mass is 31.2. The van der Waals surface area contributed by atoms with E-state index in [4.69, 9.17) is 9.05 Å². The van der Waals surface area contributed by atoms with Crippen LogP contribution in [0.25, 0.3) is 0 Å². The van der Waals surface area contributed by atoms with Gasteiger partial charge in [0.15, 0.2) is 0 Å². The van der Waals surface area contributed by atoms with Crippen molar-refractivity contribution in [2.24, 2.45) is 0 Å². The first-order chi connectivity index (χ1) is 27.0. The van der Waals surface area contributed by atoms with Gasteiger partial charge in [-0.3, -0.25) is 13.8 Å². The van der Waals surface area contributed by atoms with Crippen molar-refractivity contribution in [1.29, 1.82) is 0 Å². The van der Waals surface area contributed by atoms with E-state index in [1.54, 1.807) is 6.08 Å². The number of carbonyl (C=O) groups is 1. The van der Waals surface area contributed by atoms with Crippen molar-refractivity contribution in [2.75, 3.05) is 40.9 Å². The van der Waals surface area contributed by atoms with Crippen molar-refractivity contribution in [2.45, 2.75) is 180 Å². The van der Waals surface area contributed by atoms with Gasteiger partial charge in [0.05, 0.1) is 39.9 Å². The van der Waals surface area contributed by atoms with Crippen LogP contribution in [-0.2, 0) is 18.4 Å². The lowest BCUT2D eigenvalue weighted by Gasteiger charge is -2.25. The summed E-state index contributed by atoms with van der Waals surface area (Å²) < 4.78 is 23.5. The maximum Gasteiger partial charge on any atom is 0.472 e. The highest BCUT2D eigenvalue weighted by molar-refractivity contribution is 7.47. The number of aliphatic hydroxyl groups is 1. The number of amides is 1. The molecule has 0 aromatic carbocycles. The summed E-state index contributed by atoms with van der Waals surface area (Å²) in [6.07, 6.45) is 51.1. The molecule has 324 valence electrons. The molecule has 56 heavy (non-hydrogen) atoms. The monoisotopic (exact) mass is 806 g/mol. The minimum Gasteiger partial charge on any atom is -0.387 e. The SMILES string of the molecule is CC/C=C\C/C=C\C/C=C\C/C=C\C/C=C\CCCCCCCC(=O)NC(COP(=O)(O)OCC[N+](C)(C)C)C(O)/C=C/CCCCCCCCCCCCC. The minimum absolute atomic E-state index is 0.0536. The van der Waals surface area contributed by atoms with Crippen molar-refractivity contribution in [3.63, 3.8) is 0 Å². The van der Waals surface area contributed by atoms with E-state index in [-0.39, 0.29) is 19.1 Å². The number of carbonyl (C=O) groups excluding carboxylic acids is 1. The average molecular weight is 806 g/mol. The predicted molar refractivity (Wildman–Crippen MR) is 240 cm³/mol. The van der Waals surface area contributed by atoms with Crippen LogP contribution in [0.15, 0.2) is 72.9 Å². The molecule has 3 atom stereocenters. The van der Waals surface area contributed by atoms with Crippen LogP contribution < -0.4 is 5.32 Å². The largest absolute Gasteiger partial charge is 0.472 e. The zero-order valence-electron chi connectivity index (χ0n) is 36.6. The molecule has 0 aromatic rings. The highest BCUT2D eigenvalue weighted by Gasteiger charge is 2.27. The summed E-state index contributed by atoms with van der Waals surface area (Å²) in [7, 11) is 1.54. The zero-order chi connectivity index (χ0) is 41.4. The van der Waals surface area contributed by atoms with Gasteiger partial charge in [-0.05, 0) is 64.2 Å². The molecular formula is C47H86N2O6P+. The summed E-state index contributed by atoms with van der Waals surface area (Å²) in [5.41, 5.74) is 0. The van der Waals surface area contributed by atoms with Gasteiger partial charge in [-0.25, -0.2) is 4.57 Å². The molecule has 1 amide bonds. The molecule has 0 saturated heterocycles. The Balaban J connectivity index is 4.45. The molecular weight excluding hydrogens is 719 g/mol. The molecule has 8 nitrogen and oxygen atoms in total. The summed E-state index contributed by atoms with van der Waals surface area (Å²) in [5, 5.41) is 13.8. The number of phosphoric ester groups is 1. The molecule has 0 radical (unpaired) electrons. The van der Waals surface area contributed by atoms with E-state index in [9.17, 15) is 19.4 Å². The molecule has 3 unspecified atom stereocenters. The summed E-state index contributed by atoms with van der Waals surface area (Å²) in [6.45, 7) is 4.66. The van der Waals surface area contributed by atoms with E-state index in [1.165, 1.54) is 57.8 Å². The molecule has 0 saturated carbocycles. The lowest BCUT2D eigenvalue weighted by atomic mass is 10.0. The van der Waals surface area contributed by atoms with Gasteiger partial charge >= 0.3 is 7.82 Å². The Morgan fingerprint density at radius 1 is 0.625 bits per heavy atom. The molecule has 0 fully saturated rings. The number of aliphatic hydroxyl groups excluding tert-OH is 1. The van der Waals surface area contributed by atoms with Gasteiger partial charge in [0, 0.05) is 6.42 Å². The van der Waals surface area contributed by atoms with Crippen LogP contribution in [0.3, 0.4) is 0 Å². The standard InChI is InChI=1S/C47H85N2O6P/c1-6-8-10-12-14-16-18-20-21-22-23-24-25-26-27-29-31-33-35-37-39-41-47(51)48-45(44-55-56(52,53)54-43-42-49(3,4)5)46(50)40-38-36-34-32-30-28-19-17-15-13-11-9-7-2/h8,10,14,16,20-21,23-24,26-27,38,40,45-46,50H,6-7,9,11-13,15,17-19,22,25,28-37,39,41-44H2,1-5H3,(H-,48,51,52,53)/p+1/b10-8-,16-14-,21-20-,24-23-,27-26-,40-38+. The van der Waals surface area contributed by atoms with Gasteiger partial charge in [-0.2, -0.15) is 0 Å². The number of likely N-dealkylation sites (N-methyl/N-ethyl adjacent to an activating group) is 1. The Labute approximate surface area is 344 Å². The normalized spacial score (nSPS) is 15.1. The maximum atomic E-state index is 12.9. The van der Waals surface area contributed by atoms with Crippen LogP contribution in [0.4, 0.5) is 0 Å². The Hall–Kier alpha value is -2.06. The fourth-order valence-corrected chi connectivity index (χ4v) is 6.63. The smallest absolute Gasteiger partial charge is 0.387 e. The third-order valence-corrected chi connectivity index (χ3v) is 10.4. The molecule has 0 aromatic heterocycles. The van der Waals surface area contributed by atoms with Crippen molar-refractivity contribution in [3.8, 4) is 0 Å². The summed E-state index contributed by atoms with van der Waals surface area (Å²) in [5.74, 6) is -0.200. The average Bonchev–Trinajstić information content (AvgIpc) is 3.15. The van der Waals surface area contributed by atoms with Gasteiger partial charge < -0.3 is 19.8 Å². The summed E-state index contributed by atoms with van der Waals surface area (Å²) in [6, 6.07) is -0.859. The topological polar surface area (TPSA) is 105 Å². The number of hydrogen-bond acceptors (Lipinski definition) is 5. The number of quaternary nitrogens is 1. The predicted octanol–water partition coefficient (Wildman–Crippen LogP) is 12.4. The second kappa shape index (κ2) is 38.5. The van der Waals surface area contributed by atoms with Crippen molar-refractivity contribution in [1.82, 2.24) is 5.32 Å². The lowest BCUT2D eigenvalue weighted by molar-refractivity contribution is -0.870. The number of rotatable bonds is 39. The van der Waals surface area contributed by atoms with E-state index in [2.05, 4.69) is 79.9 Å². The molecule has 0 aliphatic heterocycles. The van der Waals surface area contributed by atoms with E-state index < -0.39 is 20.0 Å². The van der Waals surface area contributed by atoms with Crippen LogP contribution in [0.5, 0.6) is 0 Å². The van der Waals surface area contributed by atoms with Crippen LogP contribution >= 0.6 is 7.82 Å². The lowest BCUT2D eigenvalue weighted by Crippen LogP contribution is -2.45. The molecule has 0 heterocycles. The Bertz CT molecular complexity index is 1140. The van der Waals surface area contributed by atoms with Gasteiger partial charge in [0.1, 0.15) is 13.2 Å². The highest BCUT2D eigenvalue weighted by Crippen LogP contribution is 2.43. The van der Waals surface area contributed by atoms with Crippen LogP contribution in [0.2, 0.25) is 0 Å². The van der Waals surface area contributed by atoms with Crippen molar-refractivity contribution < 1.29 is 32.9 Å². The Morgan fingerprint density at radius 3 is 1.57 bits per heavy atom. The Kier molecular flexibility index (Phi) is 37.0. The second-order valence-corrected chi connectivity index (χ2v) is 17.5. The number of phosphoric acid groups is 1. The number of nitrogens with one attached hydrogen (secondary N) is 1. The molecule has 0 spiro atoms. The van der Waals surface area contributed by atoms with Gasteiger partial charge in [-0.1, -0.05) is 170 Å². The van der Waals surface area contributed by atoms with Crippen LogP contribution in [-0.4, -0.2) is 73.4 Å². The fraction of sp³-hybridized carbons (Fsp3) is 0.723. The van der Waals surface area contributed by atoms with Crippen LogP contribution in [0, 0.1) is 0 Å². The molecule has 0 aliphatic rings. The molecule has 0 rings (SSSR count). The Morgan fingerprint density at radius 2 is 1.07 bits per heavy atom.